The van der Waals surface area contributed by atoms with E-state index in [9.17, 15) is 13.8 Å². The molecule has 7 nitrogen and oxygen atoms in total. The summed E-state index contributed by atoms with van der Waals surface area (Å²) in [6, 6.07) is 9.55. The Kier molecular flexibility index (Phi) is 7.51. The molecule has 2 aliphatic heterocycles. The minimum absolute atomic E-state index is 0.0188. The molecule has 0 aromatic heterocycles. The quantitative estimate of drug-likeness (QED) is 0.484. The van der Waals surface area contributed by atoms with Crippen LogP contribution in [0.15, 0.2) is 34.7 Å². The second kappa shape index (κ2) is 9.94. The molecule has 1 aromatic carbocycles. The number of esters is 1. The van der Waals surface area contributed by atoms with E-state index in [4.69, 9.17) is 9.47 Å². The summed E-state index contributed by atoms with van der Waals surface area (Å²) in [5, 5.41) is 0. The average molecular weight is 449 g/mol. The number of nitrogens with zero attached hydrogens (tertiary/aromatic N) is 2. The van der Waals surface area contributed by atoms with Crippen molar-refractivity contribution in [3.05, 3.63) is 35.9 Å². The lowest BCUT2D eigenvalue weighted by Gasteiger charge is -2.38. The van der Waals surface area contributed by atoms with Crippen molar-refractivity contribution in [3.8, 4) is 0 Å². The molecule has 170 valence electrons. The summed E-state index contributed by atoms with van der Waals surface area (Å²) in [7, 11) is -1.56. The van der Waals surface area contributed by atoms with Gasteiger partial charge < -0.3 is 14.4 Å². The Bertz CT molecular complexity index is 835. The molecule has 0 N–H and O–H groups in total. The summed E-state index contributed by atoms with van der Waals surface area (Å²) >= 11 is 0. The first-order valence-electron chi connectivity index (χ1n) is 10.9. The van der Waals surface area contributed by atoms with Crippen molar-refractivity contribution in [2.24, 2.45) is 10.3 Å². The molecule has 8 heteroatoms. The molecule has 2 saturated heterocycles. The maximum atomic E-state index is 12.8. The largest absolute Gasteiger partial charge is 0.461 e. The van der Waals surface area contributed by atoms with Crippen molar-refractivity contribution in [3.63, 3.8) is 0 Å². The predicted octanol–water partition coefficient (Wildman–Crippen LogP) is 4.03. The smallest absolute Gasteiger partial charge is 0.410 e. The van der Waals surface area contributed by atoms with Gasteiger partial charge in [0.25, 0.3) is 0 Å². The average Bonchev–Trinajstić information content (AvgIpc) is 3.00. The summed E-state index contributed by atoms with van der Waals surface area (Å²) in [6.45, 7) is 7.68. The minimum atomic E-state index is -1.56. The molecule has 0 saturated carbocycles. The van der Waals surface area contributed by atoms with Crippen LogP contribution in [-0.4, -0.2) is 50.3 Å². The van der Waals surface area contributed by atoms with E-state index in [1.165, 1.54) is 0 Å². The van der Waals surface area contributed by atoms with Crippen molar-refractivity contribution < 1.29 is 23.3 Å². The van der Waals surface area contributed by atoms with Gasteiger partial charge in [-0.3, -0.25) is 0 Å². The Balaban J connectivity index is 1.71. The Hall–Kier alpha value is -2.22. The first-order valence-corrected chi connectivity index (χ1v) is 12.0. The Labute approximate surface area is 186 Å². The van der Waals surface area contributed by atoms with Gasteiger partial charge in [0.2, 0.25) is 0 Å². The number of rotatable bonds is 6. The summed E-state index contributed by atoms with van der Waals surface area (Å²) in [5.41, 5.74) is 1.18. The van der Waals surface area contributed by atoms with Crippen LogP contribution >= 0.6 is 0 Å². The molecule has 2 fully saturated rings. The molecule has 1 amide bonds. The Morgan fingerprint density at radius 1 is 1.10 bits per heavy atom. The van der Waals surface area contributed by atoms with E-state index in [0.717, 1.165) is 18.4 Å². The highest BCUT2D eigenvalue weighted by molar-refractivity contribution is 7.85. The van der Waals surface area contributed by atoms with Gasteiger partial charge in [-0.05, 0) is 58.9 Å². The van der Waals surface area contributed by atoms with Gasteiger partial charge in [-0.2, -0.15) is 4.40 Å². The molecule has 0 aliphatic carbocycles. The zero-order valence-corrected chi connectivity index (χ0v) is 19.5. The zero-order valence-electron chi connectivity index (χ0n) is 18.7. The van der Waals surface area contributed by atoms with Crippen LogP contribution in [0.2, 0.25) is 0 Å². The Morgan fingerprint density at radius 2 is 1.71 bits per heavy atom. The van der Waals surface area contributed by atoms with E-state index in [1.807, 2.05) is 56.0 Å². The minimum Gasteiger partial charge on any atom is -0.461 e. The van der Waals surface area contributed by atoms with Crippen LogP contribution in [0.3, 0.4) is 0 Å². The first-order chi connectivity index (χ1) is 14.7. The molecule has 3 atom stereocenters. The lowest BCUT2D eigenvalue weighted by molar-refractivity contribution is -0.135. The van der Waals surface area contributed by atoms with Gasteiger partial charge in [-0.15, -0.1) is 0 Å². The number of amides is 1. The third-order valence-corrected chi connectivity index (χ3v) is 7.14. The lowest BCUT2D eigenvalue weighted by Crippen LogP contribution is -2.49. The van der Waals surface area contributed by atoms with Gasteiger partial charge in [0.05, 0.1) is 11.4 Å². The molecule has 0 radical (unpaired) electrons. The monoisotopic (exact) mass is 448 g/mol. The topological polar surface area (TPSA) is 85.3 Å². The number of hydrogen-bond acceptors (Lipinski definition) is 5. The molecular formula is C23H32N2O5S. The molecule has 2 bridgehead atoms. The highest BCUT2D eigenvalue weighted by atomic mass is 32.2. The van der Waals surface area contributed by atoms with Crippen molar-refractivity contribution in [2.45, 2.75) is 76.8 Å². The van der Waals surface area contributed by atoms with Crippen LogP contribution in [0, 0.1) is 5.92 Å². The summed E-state index contributed by atoms with van der Waals surface area (Å²) in [6.07, 6.45) is 2.59. The second-order valence-electron chi connectivity index (χ2n) is 9.06. The number of benzene rings is 1. The highest BCUT2D eigenvalue weighted by Crippen LogP contribution is 2.40. The molecule has 31 heavy (non-hydrogen) atoms. The van der Waals surface area contributed by atoms with Gasteiger partial charge in [0, 0.05) is 18.0 Å². The first kappa shape index (κ1) is 23.4. The number of hydrogen-bond donors (Lipinski definition) is 0. The van der Waals surface area contributed by atoms with Crippen LogP contribution in [0.1, 0.15) is 58.9 Å². The third-order valence-electron chi connectivity index (χ3n) is 5.73. The second-order valence-corrected chi connectivity index (χ2v) is 11.0. The highest BCUT2D eigenvalue weighted by Gasteiger charge is 2.46. The maximum absolute atomic E-state index is 12.8. The SMILES string of the molecule is CCOC(=O)/C(=N/[S@](=O)C(C)(C)C)C1CC2CCC(C1)N2C(=O)OCc1ccccc1. The van der Waals surface area contributed by atoms with E-state index in [1.54, 1.807) is 6.92 Å². The standard InChI is InChI=1S/C23H32N2O5S/c1-5-29-21(26)20(24-31(28)23(2,3)4)17-13-18-11-12-19(14-17)25(18)22(27)30-15-16-9-7-6-8-10-16/h6-10,17-19H,5,11-15H2,1-4H3/b24-20+/t17?,18?,19?,31-/m1/s1. The van der Waals surface area contributed by atoms with E-state index < -0.39 is 21.7 Å². The molecule has 2 unspecified atom stereocenters. The number of ether oxygens (including phenoxy) is 2. The number of carbonyl (C=O) groups excluding carboxylic acids is 2. The van der Waals surface area contributed by atoms with E-state index in [-0.39, 0.29) is 43.0 Å². The Morgan fingerprint density at radius 3 is 2.26 bits per heavy atom. The van der Waals surface area contributed by atoms with Gasteiger partial charge in [-0.1, -0.05) is 30.3 Å². The van der Waals surface area contributed by atoms with Crippen LogP contribution in [0.4, 0.5) is 4.79 Å². The molecule has 2 aliphatic rings. The molecule has 1 aromatic rings. The van der Waals surface area contributed by atoms with E-state index in [0.29, 0.717) is 12.8 Å². The van der Waals surface area contributed by atoms with Crippen molar-refractivity contribution >= 4 is 28.8 Å². The van der Waals surface area contributed by atoms with Crippen LogP contribution in [-0.2, 0) is 31.9 Å². The number of carbonyl (C=O) groups is 2. The van der Waals surface area contributed by atoms with Gasteiger partial charge in [0.1, 0.15) is 23.3 Å². The van der Waals surface area contributed by atoms with Gasteiger partial charge in [-0.25, -0.2) is 13.8 Å². The molecule has 3 rings (SSSR count). The number of fused-ring (bicyclic) bond motifs is 2. The fraction of sp³-hybridized carbons (Fsp3) is 0.609. The summed E-state index contributed by atoms with van der Waals surface area (Å²) in [5.74, 6) is -0.689. The van der Waals surface area contributed by atoms with E-state index in [2.05, 4.69) is 4.40 Å². The van der Waals surface area contributed by atoms with Crippen LogP contribution in [0.25, 0.3) is 0 Å². The van der Waals surface area contributed by atoms with Gasteiger partial charge >= 0.3 is 12.1 Å². The number of piperidine rings is 1. The fourth-order valence-electron chi connectivity index (χ4n) is 4.20. The van der Waals surface area contributed by atoms with Crippen LogP contribution in [0.5, 0.6) is 0 Å². The van der Waals surface area contributed by atoms with Crippen molar-refractivity contribution in [2.75, 3.05) is 6.61 Å². The normalized spacial score (nSPS) is 24.6. The van der Waals surface area contributed by atoms with Crippen molar-refractivity contribution in [1.82, 2.24) is 4.90 Å². The van der Waals surface area contributed by atoms with E-state index >= 15 is 0 Å². The van der Waals surface area contributed by atoms with Crippen molar-refractivity contribution in [1.29, 1.82) is 0 Å². The zero-order chi connectivity index (χ0) is 22.6. The fourth-order valence-corrected chi connectivity index (χ4v) is 4.88. The molecular weight excluding hydrogens is 416 g/mol. The molecule has 0 spiro atoms. The summed E-state index contributed by atoms with van der Waals surface area (Å²) in [4.78, 5) is 27.2. The predicted molar refractivity (Wildman–Crippen MR) is 120 cm³/mol. The molecule has 2 heterocycles. The van der Waals surface area contributed by atoms with Crippen LogP contribution < -0.4 is 0 Å². The third kappa shape index (κ3) is 5.73. The summed E-state index contributed by atoms with van der Waals surface area (Å²) < 4.78 is 27.1. The van der Waals surface area contributed by atoms with Gasteiger partial charge in [0.15, 0.2) is 0 Å². The maximum Gasteiger partial charge on any atom is 0.410 e. The lowest BCUT2D eigenvalue weighted by atomic mass is 9.87.